The van der Waals surface area contributed by atoms with Crippen molar-refractivity contribution in [3.8, 4) is 0 Å². The third-order valence-corrected chi connectivity index (χ3v) is 4.79. The molecule has 102 valence electrons. The third-order valence-electron chi connectivity index (χ3n) is 4.40. The third kappa shape index (κ3) is 2.38. The minimum absolute atomic E-state index is 0.124. The predicted molar refractivity (Wildman–Crippen MR) is 74.3 cm³/mol. The van der Waals surface area contributed by atoms with E-state index in [2.05, 4.69) is 0 Å². The van der Waals surface area contributed by atoms with Crippen molar-refractivity contribution in [3.05, 3.63) is 0 Å². The predicted octanol–water partition coefficient (Wildman–Crippen LogP) is 1.47. The standard InChI is InChI=1S/C13H22N2O2S/c1-15(10-4-8-17-9-5-10)12(16)13(11(14)18)6-2-3-7-13/h10H,2-9H2,1H3,(H2,14,18). The minimum Gasteiger partial charge on any atom is -0.392 e. The summed E-state index contributed by atoms with van der Waals surface area (Å²) in [6, 6.07) is 0.276. The molecule has 0 bridgehead atoms. The Labute approximate surface area is 114 Å². The molecule has 1 amide bonds. The van der Waals surface area contributed by atoms with Gasteiger partial charge in [-0.25, -0.2) is 0 Å². The van der Waals surface area contributed by atoms with Crippen molar-refractivity contribution in [2.24, 2.45) is 11.1 Å². The second-order valence-electron chi connectivity index (χ2n) is 5.41. The molecule has 4 nitrogen and oxygen atoms in total. The van der Waals surface area contributed by atoms with E-state index < -0.39 is 5.41 Å². The average molecular weight is 270 g/mol. The van der Waals surface area contributed by atoms with Gasteiger partial charge in [-0.2, -0.15) is 0 Å². The smallest absolute Gasteiger partial charge is 0.235 e. The van der Waals surface area contributed by atoms with Gasteiger partial charge in [0.15, 0.2) is 0 Å². The van der Waals surface area contributed by atoms with Crippen LogP contribution in [-0.2, 0) is 9.53 Å². The fraction of sp³-hybridized carbons (Fsp3) is 0.846. The molecule has 1 aliphatic heterocycles. The van der Waals surface area contributed by atoms with Gasteiger partial charge in [0.05, 0.1) is 10.4 Å². The summed E-state index contributed by atoms with van der Waals surface area (Å²) in [7, 11) is 1.89. The van der Waals surface area contributed by atoms with Crippen molar-refractivity contribution in [2.45, 2.75) is 44.6 Å². The van der Waals surface area contributed by atoms with E-state index in [0.29, 0.717) is 4.99 Å². The monoisotopic (exact) mass is 270 g/mol. The molecule has 5 heteroatoms. The molecular formula is C13H22N2O2S. The Morgan fingerprint density at radius 2 is 1.89 bits per heavy atom. The maximum Gasteiger partial charge on any atom is 0.235 e. The number of hydrogen-bond acceptors (Lipinski definition) is 3. The molecule has 0 aromatic rings. The van der Waals surface area contributed by atoms with Crippen molar-refractivity contribution in [1.29, 1.82) is 0 Å². The highest BCUT2D eigenvalue weighted by Gasteiger charge is 2.46. The number of nitrogens with zero attached hydrogens (tertiary/aromatic N) is 1. The van der Waals surface area contributed by atoms with Crippen LogP contribution in [0.25, 0.3) is 0 Å². The van der Waals surface area contributed by atoms with Crippen LogP contribution in [0, 0.1) is 5.41 Å². The highest BCUT2D eigenvalue weighted by atomic mass is 32.1. The molecule has 2 fully saturated rings. The lowest BCUT2D eigenvalue weighted by atomic mass is 9.84. The maximum atomic E-state index is 12.7. The summed E-state index contributed by atoms with van der Waals surface area (Å²) in [5.41, 5.74) is 5.29. The number of rotatable bonds is 3. The minimum atomic E-state index is -0.567. The van der Waals surface area contributed by atoms with Crippen LogP contribution in [-0.4, -0.2) is 42.1 Å². The fourth-order valence-electron chi connectivity index (χ4n) is 3.12. The summed E-state index contributed by atoms with van der Waals surface area (Å²) in [6.45, 7) is 1.48. The van der Waals surface area contributed by atoms with Crippen LogP contribution in [0.3, 0.4) is 0 Å². The van der Waals surface area contributed by atoms with E-state index >= 15 is 0 Å². The van der Waals surface area contributed by atoms with Crippen molar-refractivity contribution in [2.75, 3.05) is 20.3 Å². The van der Waals surface area contributed by atoms with E-state index in [1.54, 1.807) is 0 Å². The van der Waals surface area contributed by atoms with E-state index in [1.165, 1.54) is 0 Å². The summed E-state index contributed by atoms with van der Waals surface area (Å²) >= 11 is 5.17. The van der Waals surface area contributed by atoms with Crippen LogP contribution < -0.4 is 5.73 Å². The molecule has 0 atom stereocenters. The molecule has 1 saturated carbocycles. The van der Waals surface area contributed by atoms with Crippen molar-refractivity contribution in [3.63, 3.8) is 0 Å². The highest BCUT2D eigenvalue weighted by molar-refractivity contribution is 7.80. The molecule has 2 rings (SSSR count). The molecule has 0 aromatic carbocycles. The van der Waals surface area contributed by atoms with Gasteiger partial charge in [-0.05, 0) is 25.7 Å². The van der Waals surface area contributed by atoms with Gasteiger partial charge >= 0.3 is 0 Å². The molecule has 0 unspecified atom stereocenters. The van der Waals surface area contributed by atoms with Gasteiger partial charge in [0, 0.05) is 26.3 Å². The lowest BCUT2D eigenvalue weighted by Gasteiger charge is -2.37. The van der Waals surface area contributed by atoms with E-state index in [9.17, 15) is 4.79 Å². The molecular weight excluding hydrogens is 248 g/mol. The first-order valence-electron chi connectivity index (χ1n) is 6.73. The zero-order chi connectivity index (χ0) is 13.2. The molecule has 2 N–H and O–H groups in total. The van der Waals surface area contributed by atoms with Crippen LogP contribution in [0.4, 0.5) is 0 Å². The topological polar surface area (TPSA) is 55.6 Å². The summed E-state index contributed by atoms with van der Waals surface area (Å²) in [4.78, 5) is 15.0. The Hall–Kier alpha value is -0.680. The quantitative estimate of drug-likeness (QED) is 0.789. The van der Waals surface area contributed by atoms with Gasteiger partial charge in [-0.1, -0.05) is 25.1 Å². The van der Waals surface area contributed by atoms with Gasteiger partial charge in [0.2, 0.25) is 5.91 Å². The zero-order valence-electron chi connectivity index (χ0n) is 11.0. The van der Waals surface area contributed by atoms with Gasteiger partial charge in [0.25, 0.3) is 0 Å². The molecule has 1 heterocycles. The summed E-state index contributed by atoms with van der Waals surface area (Å²) in [5.74, 6) is 0.124. The molecule has 1 aliphatic carbocycles. The first-order chi connectivity index (χ1) is 8.58. The average Bonchev–Trinajstić information content (AvgIpc) is 2.88. The summed E-state index contributed by atoms with van der Waals surface area (Å²) < 4.78 is 5.34. The molecule has 18 heavy (non-hydrogen) atoms. The molecule has 0 spiro atoms. The Balaban J connectivity index is 2.10. The van der Waals surface area contributed by atoms with Crippen LogP contribution in [0.5, 0.6) is 0 Å². The summed E-state index contributed by atoms with van der Waals surface area (Å²) in [6.07, 6.45) is 5.55. The molecule has 1 saturated heterocycles. The Bertz CT molecular complexity index is 334. The number of nitrogens with two attached hydrogens (primary N) is 1. The first-order valence-corrected chi connectivity index (χ1v) is 7.14. The maximum absolute atomic E-state index is 12.7. The van der Waals surface area contributed by atoms with E-state index in [0.717, 1.165) is 51.7 Å². The second kappa shape index (κ2) is 5.53. The van der Waals surface area contributed by atoms with Crippen molar-refractivity contribution >= 4 is 23.1 Å². The lowest BCUT2D eigenvalue weighted by Crippen LogP contribution is -2.52. The number of amides is 1. The Kier molecular flexibility index (Phi) is 4.22. The van der Waals surface area contributed by atoms with Gasteiger partial charge < -0.3 is 15.4 Å². The lowest BCUT2D eigenvalue weighted by molar-refractivity contribution is -0.140. The normalized spacial score (nSPS) is 23.8. The van der Waals surface area contributed by atoms with Crippen LogP contribution in [0.15, 0.2) is 0 Å². The number of thiocarbonyl (C=S) groups is 1. The van der Waals surface area contributed by atoms with Gasteiger partial charge in [-0.15, -0.1) is 0 Å². The molecule has 0 aromatic heterocycles. The van der Waals surface area contributed by atoms with Gasteiger partial charge in [-0.3, -0.25) is 4.79 Å². The van der Waals surface area contributed by atoms with E-state index in [-0.39, 0.29) is 11.9 Å². The largest absolute Gasteiger partial charge is 0.392 e. The number of carbonyl (C=O) groups excluding carboxylic acids is 1. The van der Waals surface area contributed by atoms with Crippen LogP contribution in [0.2, 0.25) is 0 Å². The Morgan fingerprint density at radius 3 is 2.39 bits per heavy atom. The molecule has 0 radical (unpaired) electrons. The Morgan fingerprint density at radius 1 is 1.33 bits per heavy atom. The van der Waals surface area contributed by atoms with Crippen molar-refractivity contribution < 1.29 is 9.53 Å². The number of hydrogen-bond donors (Lipinski definition) is 1. The van der Waals surface area contributed by atoms with E-state index in [4.69, 9.17) is 22.7 Å². The van der Waals surface area contributed by atoms with Gasteiger partial charge in [0.1, 0.15) is 0 Å². The van der Waals surface area contributed by atoms with Crippen LogP contribution in [0.1, 0.15) is 38.5 Å². The SMILES string of the molecule is CN(C(=O)C1(C(N)=S)CCCC1)C1CCOCC1. The second-order valence-corrected chi connectivity index (χ2v) is 5.85. The zero-order valence-corrected chi connectivity index (χ0v) is 11.8. The number of ether oxygens (including phenoxy) is 1. The fourth-order valence-corrected chi connectivity index (χ4v) is 3.41. The first kappa shape index (κ1) is 13.7. The van der Waals surface area contributed by atoms with E-state index in [1.807, 2.05) is 11.9 Å². The van der Waals surface area contributed by atoms with Crippen LogP contribution >= 0.6 is 12.2 Å². The van der Waals surface area contributed by atoms with Crippen molar-refractivity contribution in [1.82, 2.24) is 4.90 Å². The molecule has 2 aliphatic rings. The summed E-state index contributed by atoms with van der Waals surface area (Å²) in [5, 5.41) is 0. The number of carbonyl (C=O) groups is 1. The highest BCUT2D eigenvalue weighted by Crippen LogP contribution is 2.40.